The van der Waals surface area contributed by atoms with Gasteiger partial charge in [0.1, 0.15) is 6.61 Å². The van der Waals surface area contributed by atoms with Gasteiger partial charge in [-0.25, -0.2) is 4.79 Å². The number of ether oxygens (including phenoxy) is 1. The molecule has 1 rings (SSSR count). The first-order chi connectivity index (χ1) is 8.53. The number of benzene rings is 1. The number of nitrogens with one attached hydrogen (secondary N) is 1. The van der Waals surface area contributed by atoms with Gasteiger partial charge in [0.15, 0.2) is 0 Å². The number of carbonyl (C=O) groups excluding carboxylic acids is 1. The van der Waals surface area contributed by atoms with Gasteiger partial charge in [0.05, 0.1) is 0 Å². The second-order valence-corrected chi connectivity index (χ2v) is 4.93. The van der Waals surface area contributed by atoms with Crippen LogP contribution in [0.4, 0.5) is 4.79 Å². The third-order valence-corrected chi connectivity index (χ3v) is 2.80. The van der Waals surface area contributed by atoms with E-state index in [-0.39, 0.29) is 11.5 Å². The van der Waals surface area contributed by atoms with E-state index in [1.807, 2.05) is 36.4 Å². The number of alkyl carbamates (subject to hydrolysis) is 1. The fourth-order valence-corrected chi connectivity index (χ4v) is 1.36. The molecule has 3 nitrogen and oxygen atoms in total. The summed E-state index contributed by atoms with van der Waals surface area (Å²) in [6.07, 6.45) is 2.36. The highest BCUT2D eigenvalue weighted by molar-refractivity contribution is 5.67. The van der Waals surface area contributed by atoms with Gasteiger partial charge >= 0.3 is 6.09 Å². The molecule has 1 aromatic carbocycles. The number of carbonyl (C=O) groups is 1. The van der Waals surface area contributed by atoms with Crippen LogP contribution in [-0.2, 0) is 11.3 Å². The molecule has 0 spiro atoms. The summed E-state index contributed by atoms with van der Waals surface area (Å²) in [6.45, 7) is 8.82. The molecule has 98 valence electrons. The molecule has 3 heteroatoms. The van der Waals surface area contributed by atoms with Crippen LogP contribution in [0, 0.1) is 5.41 Å². The molecule has 0 heterocycles. The van der Waals surface area contributed by atoms with E-state index in [1.54, 1.807) is 0 Å². The minimum Gasteiger partial charge on any atom is -0.445 e. The van der Waals surface area contributed by atoms with Crippen LogP contribution in [0.5, 0.6) is 0 Å². The average Bonchev–Trinajstić information content (AvgIpc) is 2.37. The summed E-state index contributed by atoms with van der Waals surface area (Å²) in [5.74, 6) is 0. The van der Waals surface area contributed by atoms with Gasteiger partial charge in [-0.05, 0) is 17.4 Å². The highest BCUT2D eigenvalue weighted by Crippen LogP contribution is 2.19. The second-order valence-electron chi connectivity index (χ2n) is 4.93. The van der Waals surface area contributed by atoms with Crippen LogP contribution >= 0.6 is 0 Å². The standard InChI is InChI=1S/C15H21NO2/c1-4-15(2,3)10-11-16-14(17)18-12-13-8-6-5-7-9-13/h4-9H,1,10-12H2,2-3H3,(H,16,17). The van der Waals surface area contributed by atoms with Crippen LogP contribution in [0.1, 0.15) is 25.8 Å². The van der Waals surface area contributed by atoms with E-state index in [0.29, 0.717) is 13.2 Å². The molecule has 18 heavy (non-hydrogen) atoms. The Morgan fingerprint density at radius 1 is 1.39 bits per heavy atom. The predicted octanol–water partition coefficient (Wildman–Crippen LogP) is 3.52. The van der Waals surface area contributed by atoms with Gasteiger partial charge in [-0.2, -0.15) is 0 Å². The van der Waals surface area contributed by atoms with E-state index in [0.717, 1.165) is 12.0 Å². The van der Waals surface area contributed by atoms with E-state index in [9.17, 15) is 4.79 Å². The summed E-state index contributed by atoms with van der Waals surface area (Å²) in [5, 5.41) is 2.73. The number of allylic oxidation sites excluding steroid dienone is 1. The zero-order valence-electron chi connectivity index (χ0n) is 11.1. The molecule has 0 bridgehead atoms. The first-order valence-electron chi connectivity index (χ1n) is 6.12. The third-order valence-electron chi connectivity index (χ3n) is 2.80. The summed E-state index contributed by atoms with van der Waals surface area (Å²) in [5.41, 5.74) is 1.02. The predicted molar refractivity (Wildman–Crippen MR) is 73.2 cm³/mol. The average molecular weight is 247 g/mol. The SMILES string of the molecule is C=CC(C)(C)CCNC(=O)OCc1ccccc1. The van der Waals surface area contributed by atoms with Crippen LogP contribution in [0.3, 0.4) is 0 Å². The largest absolute Gasteiger partial charge is 0.445 e. The van der Waals surface area contributed by atoms with Crippen molar-refractivity contribution in [3.63, 3.8) is 0 Å². The molecule has 0 saturated carbocycles. The van der Waals surface area contributed by atoms with Gasteiger partial charge in [0.25, 0.3) is 0 Å². The van der Waals surface area contributed by atoms with Crippen molar-refractivity contribution < 1.29 is 9.53 Å². The molecular weight excluding hydrogens is 226 g/mol. The van der Waals surface area contributed by atoms with E-state index in [1.165, 1.54) is 0 Å². The minimum atomic E-state index is -0.376. The lowest BCUT2D eigenvalue weighted by molar-refractivity contribution is 0.138. The molecule has 0 fully saturated rings. The summed E-state index contributed by atoms with van der Waals surface area (Å²) >= 11 is 0. The van der Waals surface area contributed by atoms with Gasteiger partial charge in [0.2, 0.25) is 0 Å². The van der Waals surface area contributed by atoms with Gasteiger partial charge in [-0.3, -0.25) is 0 Å². The molecule has 0 radical (unpaired) electrons. The second kappa shape index (κ2) is 6.84. The Balaban J connectivity index is 2.21. The first-order valence-corrected chi connectivity index (χ1v) is 6.12. The van der Waals surface area contributed by atoms with Crippen molar-refractivity contribution in [3.05, 3.63) is 48.6 Å². The smallest absolute Gasteiger partial charge is 0.407 e. The van der Waals surface area contributed by atoms with E-state index in [4.69, 9.17) is 4.74 Å². The highest BCUT2D eigenvalue weighted by atomic mass is 16.5. The Labute approximate surface area is 109 Å². The summed E-state index contributed by atoms with van der Waals surface area (Å²) in [7, 11) is 0. The van der Waals surface area contributed by atoms with E-state index >= 15 is 0 Å². The Bertz CT molecular complexity index is 385. The summed E-state index contributed by atoms with van der Waals surface area (Å²) < 4.78 is 5.10. The fourth-order valence-electron chi connectivity index (χ4n) is 1.36. The van der Waals surface area contributed by atoms with Crippen LogP contribution in [0.2, 0.25) is 0 Å². The zero-order chi connectivity index (χ0) is 13.4. The van der Waals surface area contributed by atoms with Gasteiger partial charge in [0, 0.05) is 6.54 Å². The van der Waals surface area contributed by atoms with Crippen LogP contribution in [-0.4, -0.2) is 12.6 Å². The number of amides is 1. The third kappa shape index (κ3) is 5.53. The van der Waals surface area contributed by atoms with Crippen molar-refractivity contribution in [2.45, 2.75) is 26.9 Å². The molecular formula is C15H21NO2. The molecule has 0 aromatic heterocycles. The quantitative estimate of drug-likeness (QED) is 0.781. The Hall–Kier alpha value is -1.77. The van der Waals surface area contributed by atoms with Crippen LogP contribution in [0.25, 0.3) is 0 Å². The maximum atomic E-state index is 11.4. The Morgan fingerprint density at radius 3 is 2.67 bits per heavy atom. The van der Waals surface area contributed by atoms with Crippen molar-refractivity contribution in [2.75, 3.05) is 6.54 Å². The maximum absolute atomic E-state index is 11.4. The first kappa shape index (κ1) is 14.3. The lowest BCUT2D eigenvalue weighted by Gasteiger charge is -2.19. The molecule has 1 aromatic rings. The normalized spacial score (nSPS) is 10.8. The van der Waals surface area contributed by atoms with Crippen LogP contribution < -0.4 is 5.32 Å². The van der Waals surface area contributed by atoms with E-state index in [2.05, 4.69) is 25.7 Å². The Kier molecular flexibility index (Phi) is 5.43. The topological polar surface area (TPSA) is 38.3 Å². The molecule has 0 aliphatic rings. The molecule has 0 aliphatic heterocycles. The zero-order valence-corrected chi connectivity index (χ0v) is 11.1. The molecule has 1 amide bonds. The molecule has 0 atom stereocenters. The number of hydrogen-bond donors (Lipinski definition) is 1. The van der Waals surface area contributed by atoms with Gasteiger partial charge in [-0.1, -0.05) is 50.3 Å². The highest BCUT2D eigenvalue weighted by Gasteiger charge is 2.13. The Morgan fingerprint density at radius 2 is 2.06 bits per heavy atom. The minimum absolute atomic E-state index is 0.0344. The lowest BCUT2D eigenvalue weighted by atomic mass is 9.90. The molecule has 0 aliphatic carbocycles. The van der Waals surface area contributed by atoms with Crippen molar-refractivity contribution in [1.82, 2.24) is 5.32 Å². The molecule has 0 saturated heterocycles. The lowest BCUT2D eigenvalue weighted by Crippen LogP contribution is -2.28. The van der Waals surface area contributed by atoms with Gasteiger partial charge < -0.3 is 10.1 Å². The summed E-state index contributed by atoms with van der Waals surface area (Å²) in [6, 6.07) is 9.62. The molecule has 1 N–H and O–H groups in total. The van der Waals surface area contributed by atoms with Crippen molar-refractivity contribution in [2.24, 2.45) is 5.41 Å². The fraction of sp³-hybridized carbons (Fsp3) is 0.400. The van der Waals surface area contributed by atoms with E-state index < -0.39 is 0 Å². The van der Waals surface area contributed by atoms with Gasteiger partial charge in [-0.15, -0.1) is 6.58 Å². The maximum Gasteiger partial charge on any atom is 0.407 e. The molecule has 0 unspecified atom stereocenters. The van der Waals surface area contributed by atoms with Crippen molar-refractivity contribution in [1.29, 1.82) is 0 Å². The van der Waals surface area contributed by atoms with Crippen molar-refractivity contribution >= 4 is 6.09 Å². The number of rotatable bonds is 6. The van der Waals surface area contributed by atoms with Crippen molar-refractivity contribution in [3.8, 4) is 0 Å². The van der Waals surface area contributed by atoms with Crippen LogP contribution in [0.15, 0.2) is 43.0 Å². The summed E-state index contributed by atoms with van der Waals surface area (Å²) in [4.78, 5) is 11.4. The number of hydrogen-bond acceptors (Lipinski definition) is 2. The monoisotopic (exact) mass is 247 g/mol.